The molecule has 1 aromatic heterocycles. The Hall–Kier alpha value is -1.94. The molecule has 0 atom stereocenters. The Balaban J connectivity index is 1.85. The smallest absolute Gasteiger partial charge is 0.135 e. The van der Waals surface area contributed by atoms with Crippen LogP contribution in [0.15, 0.2) is 30.6 Å². The molecule has 0 spiro atoms. The van der Waals surface area contributed by atoms with E-state index in [0.717, 1.165) is 43.9 Å². The molecular weight excluding hydrogens is 248 g/mol. The van der Waals surface area contributed by atoms with Gasteiger partial charge in [-0.25, -0.2) is 9.97 Å². The number of fused-ring (bicyclic) bond motifs is 3. The topological polar surface area (TPSA) is 55.0 Å². The van der Waals surface area contributed by atoms with Crippen molar-refractivity contribution in [2.75, 3.05) is 18.0 Å². The lowest BCUT2D eigenvalue weighted by atomic mass is 10.0. The fourth-order valence-electron chi connectivity index (χ4n) is 3.25. The highest BCUT2D eigenvalue weighted by atomic mass is 15.3. The van der Waals surface area contributed by atoms with Crippen LogP contribution in [0.4, 0.5) is 5.82 Å². The predicted molar refractivity (Wildman–Crippen MR) is 79.7 cm³/mol. The van der Waals surface area contributed by atoms with Gasteiger partial charge in [0.25, 0.3) is 0 Å². The van der Waals surface area contributed by atoms with Crippen molar-refractivity contribution in [2.24, 2.45) is 5.73 Å². The second kappa shape index (κ2) is 4.56. The Bertz CT molecular complexity index is 647. The molecule has 1 aliphatic carbocycles. The molecule has 0 radical (unpaired) electrons. The average molecular weight is 266 g/mol. The lowest BCUT2D eigenvalue weighted by Gasteiger charge is -2.39. The van der Waals surface area contributed by atoms with Crippen molar-refractivity contribution in [3.63, 3.8) is 0 Å². The molecule has 0 amide bonds. The number of anilines is 1. The van der Waals surface area contributed by atoms with Crippen LogP contribution in [0.3, 0.4) is 0 Å². The van der Waals surface area contributed by atoms with Gasteiger partial charge in [-0.05, 0) is 24.8 Å². The lowest BCUT2D eigenvalue weighted by Crippen LogP contribution is -2.56. The minimum Gasteiger partial charge on any atom is -0.353 e. The molecule has 2 aromatic rings. The Morgan fingerprint density at radius 3 is 2.80 bits per heavy atom. The molecule has 4 rings (SSSR count). The van der Waals surface area contributed by atoms with Gasteiger partial charge in [-0.1, -0.05) is 24.3 Å². The number of benzene rings is 1. The first-order valence-electron chi connectivity index (χ1n) is 7.25. The van der Waals surface area contributed by atoms with Gasteiger partial charge in [0.2, 0.25) is 0 Å². The number of hydrogen-bond donors (Lipinski definition) is 1. The Morgan fingerprint density at radius 1 is 1.10 bits per heavy atom. The van der Waals surface area contributed by atoms with Gasteiger partial charge in [0.15, 0.2) is 0 Å². The molecular formula is C16H18N4. The van der Waals surface area contributed by atoms with Gasteiger partial charge in [-0.3, -0.25) is 0 Å². The third kappa shape index (κ3) is 1.79. The molecule has 2 N–H and O–H groups in total. The molecule has 1 saturated heterocycles. The van der Waals surface area contributed by atoms with Crippen LogP contribution in [0.2, 0.25) is 0 Å². The maximum atomic E-state index is 5.90. The average Bonchev–Trinajstić information content (AvgIpc) is 2.63. The summed E-state index contributed by atoms with van der Waals surface area (Å²) in [6.07, 6.45) is 5.02. The maximum Gasteiger partial charge on any atom is 0.135 e. The summed E-state index contributed by atoms with van der Waals surface area (Å²) >= 11 is 0. The normalized spacial score (nSPS) is 17.9. The number of rotatable bonds is 1. The van der Waals surface area contributed by atoms with Crippen molar-refractivity contribution in [3.8, 4) is 11.3 Å². The van der Waals surface area contributed by atoms with Crippen molar-refractivity contribution in [1.29, 1.82) is 0 Å². The summed E-state index contributed by atoms with van der Waals surface area (Å²) in [4.78, 5) is 11.4. The van der Waals surface area contributed by atoms with E-state index in [1.54, 1.807) is 6.33 Å². The lowest BCUT2D eigenvalue weighted by molar-refractivity contribution is 0.512. The number of nitrogens with two attached hydrogens (primary N) is 1. The zero-order chi connectivity index (χ0) is 13.5. The van der Waals surface area contributed by atoms with Gasteiger partial charge in [-0.15, -0.1) is 0 Å². The monoisotopic (exact) mass is 266 g/mol. The highest BCUT2D eigenvalue weighted by Crippen LogP contribution is 2.35. The highest BCUT2D eigenvalue weighted by Gasteiger charge is 2.28. The van der Waals surface area contributed by atoms with Crippen LogP contribution in [0.1, 0.15) is 17.5 Å². The van der Waals surface area contributed by atoms with Gasteiger partial charge in [-0.2, -0.15) is 0 Å². The zero-order valence-electron chi connectivity index (χ0n) is 11.4. The van der Waals surface area contributed by atoms with Gasteiger partial charge < -0.3 is 10.6 Å². The molecule has 1 aliphatic heterocycles. The van der Waals surface area contributed by atoms with Gasteiger partial charge in [0.1, 0.15) is 12.1 Å². The fourth-order valence-corrected chi connectivity index (χ4v) is 3.25. The van der Waals surface area contributed by atoms with Crippen LogP contribution in [-0.4, -0.2) is 29.1 Å². The Morgan fingerprint density at radius 2 is 1.95 bits per heavy atom. The van der Waals surface area contributed by atoms with Crippen LogP contribution < -0.4 is 10.6 Å². The van der Waals surface area contributed by atoms with E-state index in [9.17, 15) is 0 Å². The number of aromatic nitrogens is 2. The number of aryl methyl sites for hydroxylation is 1. The molecule has 1 aromatic carbocycles. The minimum absolute atomic E-state index is 0.290. The van der Waals surface area contributed by atoms with Crippen LogP contribution in [0, 0.1) is 0 Å². The summed E-state index contributed by atoms with van der Waals surface area (Å²) in [5.41, 5.74) is 11.0. The number of hydrogen-bond acceptors (Lipinski definition) is 4. The molecule has 20 heavy (non-hydrogen) atoms. The predicted octanol–water partition coefficient (Wildman–Crippen LogP) is 1.78. The molecule has 1 fully saturated rings. The minimum atomic E-state index is 0.290. The summed E-state index contributed by atoms with van der Waals surface area (Å²) in [6.45, 7) is 1.82. The SMILES string of the molecule is NC1CN(c2ncnc3c2CCCc2ccccc2-3)C1. The third-order valence-corrected chi connectivity index (χ3v) is 4.28. The van der Waals surface area contributed by atoms with Crippen LogP contribution in [-0.2, 0) is 12.8 Å². The summed E-state index contributed by atoms with van der Waals surface area (Å²) in [6, 6.07) is 8.89. The highest BCUT2D eigenvalue weighted by molar-refractivity contribution is 5.72. The van der Waals surface area contributed by atoms with Crippen molar-refractivity contribution < 1.29 is 0 Å². The molecule has 0 unspecified atom stereocenters. The van der Waals surface area contributed by atoms with E-state index in [2.05, 4.69) is 39.1 Å². The molecule has 102 valence electrons. The standard InChI is InChI=1S/C16H18N4/c17-12-8-20(9-12)16-14-7-3-5-11-4-1-2-6-13(11)15(14)18-10-19-16/h1-2,4,6,10,12H,3,5,7-9,17H2. The largest absolute Gasteiger partial charge is 0.353 e. The first-order chi connectivity index (χ1) is 9.83. The Kier molecular flexibility index (Phi) is 2.70. The second-order valence-corrected chi connectivity index (χ2v) is 5.70. The first kappa shape index (κ1) is 11.9. The van der Waals surface area contributed by atoms with Crippen molar-refractivity contribution >= 4 is 5.82 Å². The zero-order valence-corrected chi connectivity index (χ0v) is 11.4. The quantitative estimate of drug-likeness (QED) is 0.855. The van der Waals surface area contributed by atoms with E-state index < -0.39 is 0 Å². The third-order valence-electron chi connectivity index (χ3n) is 4.28. The van der Waals surface area contributed by atoms with Crippen molar-refractivity contribution in [2.45, 2.75) is 25.3 Å². The summed E-state index contributed by atoms with van der Waals surface area (Å²) in [7, 11) is 0. The summed E-state index contributed by atoms with van der Waals surface area (Å²) in [5.74, 6) is 1.09. The van der Waals surface area contributed by atoms with E-state index in [-0.39, 0.29) is 0 Å². The van der Waals surface area contributed by atoms with Gasteiger partial charge in [0.05, 0.1) is 5.69 Å². The maximum absolute atomic E-state index is 5.90. The Labute approximate surface area is 118 Å². The summed E-state index contributed by atoms with van der Waals surface area (Å²) < 4.78 is 0. The van der Waals surface area contributed by atoms with E-state index in [1.807, 2.05) is 0 Å². The van der Waals surface area contributed by atoms with Crippen LogP contribution in [0.25, 0.3) is 11.3 Å². The molecule has 2 heterocycles. The molecule has 4 nitrogen and oxygen atoms in total. The molecule has 0 saturated carbocycles. The van der Waals surface area contributed by atoms with E-state index in [0.29, 0.717) is 6.04 Å². The fraction of sp³-hybridized carbons (Fsp3) is 0.375. The molecule has 0 bridgehead atoms. The number of nitrogens with zero attached hydrogens (tertiary/aromatic N) is 3. The van der Waals surface area contributed by atoms with Crippen molar-refractivity contribution in [3.05, 3.63) is 41.7 Å². The van der Waals surface area contributed by atoms with E-state index >= 15 is 0 Å². The van der Waals surface area contributed by atoms with Crippen LogP contribution >= 0.6 is 0 Å². The molecule has 4 heteroatoms. The van der Waals surface area contributed by atoms with Crippen LogP contribution in [0.5, 0.6) is 0 Å². The van der Waals surface area contributed by atoms with Gasteiger partial charge >= 0.3 is 0 Å². The van der Waals surface area contributed by atoms with Gasteiger partial charge in [0, 0.05) is 30.3 Å². The molecule has 2 aliphatic rings. The summed E-state index contributed by atoms with van der Waals surface area (Å²) in [5, 5.41) is 0. The first-order valence-corrected chi connectivity index (χ1v) is 7.25. The second-order valence-electron chi connectivity index (χ2n) is 5.70. The van der Waals surface area contributed by atoms with E-state index in [1.165, 1.54) is 16.7 Å². The van der Waals surface area contributed by atoms with Crippen molar-refractivity contribution in [1.82, 2.24) is 9.97 Å². The van der Waals surface area contributed by atoms with E-state index in [4.69, 9.17) is 5.73 Å².